The van der Waals surface area contributed by atoms with E-state index in [0.717, 1.165) is 23.4 Å². The van der Waals surface area contributed by atoms with Crippen LogP contribution in [0.1, 0.15) is 23.3 Å². The maximum Gasteiger partial charge on any atom is 0.273 e. The number of carbonyl (C=O) groups excluding carboxylic acids is 1. The largest absolute Gasteiger partial charge is 0.395 e. The molecule has 1 aromatic heterocycles. The molecule has 2 aromatic rings. The van der Waals surface area contributed by atoms with E-state index in [4.69, 9.17) is 5.11 Å². The van der Waals surface area contributed by atoms with Gasteiger partial charge in [-0.2, -0.15) is 0 Å². The van der Waals surface area contributed by atoms with Crippen molar-refractivity contribution in [2.24, 2.45) is 0 Å². The van der Waals surface area contributed by atoms with Crippen molar-refractivity contribution >= 4 is 17.2 Å². The molecular weight excluding hydrogens is 272 g/mol. The number of aliphatic hydroxyl groups is 1. The van der Waals surface area contributed by atoms with Crippen molar-refractivity contribution in [3.8, 4) is 10.6 Å². The average Bonchev–Trinajstić information content (AvgIpc) is 3.21. The summed E-state index contributed by atoms with van der Waals surface area (Å²) in [4.78, 5) is 18.6. The minimum atomic E-state index is -0.0695. The number of hydrogen-bond donors (Lipinski definition) is 1. The number of benzene rings is 1. The summed E-state index contributed by atoms with van der Waals surface area (Å²) in [5.74, 6) is -0.0695. The number of amides is 1. The average molecular weight is 288 g/mol. The van der Waals surface area contributed by atoms with Crippen LogP contribution in [0.2, 0.25) is 0 Å². The Bertz CT molecular complexity index is 593. The number of carbonyl (C=O) groups is 1. The zero-order valence-electron chi connectivity index (χ0n) is 11.0. The minimum Gasteiger partial charge on any atom is -0.395 e. The van der Waals surface area contributed by atoms with Crippen molar-refractivity contribution in [2.45, 2.75) is 18.9 Å². The maximum atomic E-state index is 12.4. The van der Waals surface area contributed by atoms with Gasteiger partial charge < -0.3 is 10.0 Å². The molecular formula is C15H16N2O2S. The van der Waals surface area contributed by atoms with Crippen molar-refractivity contribution in [3.63, 3.8) is 0 Å². The van der Waals surface area contributed by atoms with Gasteiger partial charge in [0.15, 0.2) is 0 Å². The van der Waals surface area contributed by atoms with Gasteiger partial charge in [0.05, 0.1) is 6.61 Å². The monoisotopic (exact) mass is 288 g/mol. The highest BCUT2D eigenvalue weighted by atomic mass is 32.1. The lowest BCUT2D eigenvalue weighted by Gasteiger charge is -2.19. The van der Waals surface area contributed by atoms with Crippen molar-refractivity contribution in [3.05, 3.63) is 41.4 Å². The highest BCUT2D eigenvalue weighted by Crippen LogP contribution is 2.29. The van der Waals surface area contributed by atoms with Gasteiger partial charge in [0.25, 0.3) is 5.91 Å². The van der Waals surface area contributed by atoms with E-state index in [0.29, 0.717) is 12.2 Å². The Morgan fingerprint density at radius 3 is 2.75 bits per heavy atom. The first-order valence-corrected chi connectivity index (χ1v) is 7.60. The number of hydrogen-bond acceptors (Lipinski definition) is 4. The molecule has 0 aliphatic heterocycles. The summed E-state index contributed by atoms with van der Waals surface area (Å²) < 4.78 is 0. The Hall–Kier alpha value is -1.72. The third kappa shape index (κ3) is 2.73. The van der Waals surface area contributed by atoms with Crippen molar-refractivity contribution in [2.75, 3.05) is 13.2 Å². The smallest absolute Gasteiger partial charge is 0.273 e. The zero-order valence-corrected chi connectivity index (χ0v) is 11.8. The molecule has 0 saturated heterocycles. The highest BCUT2D eigenvalue weighted by Gasteiger charge is 2.33. The summed E-state index contributed by atoms with van der Waals surface area (Å²) in [6.45, 7) is 0.389. The van der Waals surface area contributed by atoms with E-state index in [2.05, 4.69) is 4.98 Å². The van der Waals surface area contributed by atoms with Gasteiger partial charge >= 0.3 is 0 Å². The lowest BCUT2D eigenvalue weighted by Crippen LogP contribution is -2.35. The lowest BCUT2D eigenvalue weighted by atomic mass is 10.2. The van der Waals surface area contributed by atoms with Crippen molar-refractivity contribution in [1.29, 1.82) is 0 Å². The van der Waals surface area contributed by atoms with E-state index >= 15 is 0 Å². The number of aromatic nitrogens is 1. The Kier molecular flexibility index (Phi) is 3.80. The summed E-state index contributed by atoms with van der Waals surface area (Å²) >= 11 is 1.48. The standard InChI is InChI=1S/C15H16N2O2S/c18-9-8-17(12-6-7-12)15(19)13-10-20-14(16-13)11-4-2-1-3-5-11/h1-5,10,12,18H,6-9H2. The molecule has 0 atom stereocenters. The van der Waals surface area contributed by atoms with Crippen molar-refractivity contribution in [1.82, 2.24) is 9.88 Å². The molecule has 0 bridgehead atoms. The number of rotatable bonds is 5. The Morgan fingerprint density at radius 1 is 1.35 bits per heavy atom. The van der Waals surface area contributed by atoms with Gasteiger partial charge in [-0.15, -0.1) is 11.3 Å². The van der Waals surface area contributed by atoms with Gasteiger partial charge in [-0.05, 0) is 12.8 Å². The molecule has 1 aromatic carbocycles. The maximum absolute atomic E-state index is 12.4. The van der Waals surface area contributed by atoms with Gasteiger partial charge in [-0.1, -0.05) is 30.3 Å². The first kappa shape index (κ1) is 13.3. The van der Waals surface area contributed by atoms with Crippen LogP contribution in [0.4, 0.5) is 0 Å². The van der Waals surface area contributed by atoms with E-state index < -0.39 is 0 Å². The van der Waals surface area contributed by atoms with Gasteiger partial charge in [-0.25, -0.2) is 4.98 Å². The van der Waals surface area contributed by atoms with Crippen LogP contribution < -0.4 is 0 Å². The van der Waals surface area contributed by atoms with Gasteiger partial charge in [0.1, 0.15) is 10.7 Å². The lowest BCUT2D eigenvalue weighted by molar-refractivity contribution is 0.0702. The van der Waals surface area contributed by atoms with Gasteiger partial charge in [0.2, 0.25) is 0 Å². The molecule has 20 heavy (non-hydrogen) atoms. The van der Waals surface area contributed by atoms with E-state index in [1.165, 1.54) is 11.3 Å². The summed E-state index contributed by atoms with van der Waals surface area (Å²) in [6.07, 6.45) is 2.06. The summed E-state index contributed by atoms with van der Waals surface area (Å²) in [6, 6.07) is 10.1. The van der Waals surface area contributed by atoms with Crippen LogP contribution in [0.15, 0.2) is 35.7 Å². The minimum absolute atomic E-state index is 0.00206. The molecule has 1 amide bonds. The van der Waals surface area contributed by atoms with Crippen molar-refractivity contribution < 1.29 is 9.90 Å². The fourth-order valence-electron chi connectivity index (χ4n) is 2.18. The van der Waals surface area contributed by atoms with Gasteiger partial charge in [0, 0.05) is 23.5 Å². The predicted octanol–water partition coefficient (Wildman–Crippen LogP) is 2.41. The van der Waals surface area contributed by atoms with Crippen LogP contribution >= 0.6 is 11.3 Å². The van der Waals surface area contributed by atoms with Crippen LogP contribution in [0.3, 0.4) is 0 Å². The second-order valence-electron chi connectivity index (χ2n) is 4.86. The Morgan fingerprint density at radius 2 is 2.10 bits per heavy atom. The highest BCUT2D eigenvalue weighted by molar-refractivity contribution is 7.13. The molecule has 0 unspecified atom stereocenters. The molecule has 1 saturated carbocycles. The molecule has 1 aliphatic rings. The number of nitrogens with zero attached hydrogens (tertiary/aromatic N) is 2. The summed E-state index contributed by atoms with van der Waals surface area (Å²) in [5, 5.41) is 11.7. The molecule has 0 spiro atoms. The number of aliphatic hydroxyl groups excluding tert-OH is 1. The summed E-state index contributed by atoms with van der Waals surface area (Å²) in [7, 11) is 0. The first-order chi connectivity index (χ1) is 9.79. The van der Waals surface area contributed by atoms with Crippen LogP contribution in [0.25, 0.3) is 10.6 Å². The van der Waals surface area contributed by atoms with E-state index in [1.54, 1.807) is 10.3 Å². The molecule has 1 fully saturated rings. The molecule has 1 aliphatic carbocycles. The molecule has 4 nitrogen and oxygen atoms in total. The zero-order chi connectivity index (χ0) is 13.9. The quantitative estimate of drug-likeness (QED) is 0.919. The molecule has 104 valence electrons. The fraction of sp³-hybridized carbons (Fsp3) is 0.333. The number of thiazole rings is 1. The third-order valence-electron chi connectivity index (χ3n) is 3.33. The normalized spacial score (nSPS) is 14.2. The van der Waals surface area contributed by atoms with Crippen LogP contribution in [-0.2, 0) is 0 Å². The van der Waals surface area contributed by atoms with E-state index in [1.807, 2.05) is 30.3 Å². The molecule has 1 N–H and O–H groups in total. The SMILES string of the molecule is O=C(c1csc(-c2ccccc2)n1)N(CCO)C1CC1. The van der Waals surface area contributed by atoms with E-state index in [-0.39, 0.29) is 18.6 Å². The van der Waals surface area contributed by atoms with Crippen LogP contribution in [0, 0.1) is 0 Å². The Labute approximate surface area is 121 Å². The fourth-order valence-corrected chi connectivity index (χ4v) is 2.98. The molecule has 1 heterocycles. The molecule has 5 heteroatoms. The van der Waals surface area contributed by atoms with E-state index in [9.17, 15) is 4.79 Å². The van der Waals surface area contributed by atoms with Crippen LogP contribution in [-0.4, -0.2) is 40.1 Å². The third-order valence-corrected chi connectivity index (χ3v) is 4.22. The molecule has 3 rings (SSSR count). The molecule has 0 radical (unpaired) electrons. The Balaban J connectivity index is 1.80. The van der Waals surface area contributed by atoms with Gasteiger partial charge in [-0.3, -0.25) is 4.79 Å². The predicted molar refractivity (Wildman–Crippen MR) is 78.7 cm³/mol. The second kappa shape index (κ2) is 5.73. The second-order valence-corrected chi connectivity index (χ2v) is 5.72. The summed E-state index contributed by atoms with van der Waals surface area (Å²) in [5.41, 5.74) is 1.51. The topological polar surface area (TPSA) is 53.4 Å². The first-order valence-electron chi connectivity index (χ1n) is 6.72. The van der Waals surface area contributed by atoms with Crippen LogP contribution in [0.5, 0.6) is 0 Å².